The third-order valence-electron chi connectivity index (χ3n) is 3.68. The van der Waals surface area contributed by atoms with Crippen LogP contribution in [0.3, 0.4) is 0 Å². The number of carbonyl (C=O) groups is 1. The highest BCUT2D eigenvalue weighted by Gasteiger charge is 2.12. The molecule has 3 N–H and O–H groups in total. The highest BCUT2D eigenvalue weighted by atomic mass is 16.5. The van der Waals surface area contributed by atoms with Crippen molar-refractivity contribution in [2.75, 3.05) is 13.2 Å². The molecule has 2 aromatic rings. The first-order valence-electron chi connectivity index (χ1n) is 8.62. The van der Waals surface area contributed by atoms with Gasteiger partial charge in [0.1, 0.15) is 18.4 Å². The molecule has 0 heterocycles. The molecule has 2 aromatic carbocycles. The first-order chi connectivity index (χ1) is 12.5. The first-order valence-corrected chi connectivity index (χ1v) is 8.62. The molecule has 0 aliphatic carbocycles. The molecule has 0 amide bonds. The number of nitrogens with two attached hydrogens (primary N) is 1. The van der Waals surface area contributed by atoms with E-state index in [9.17, 15) is 4.79 Å². The van der Waals surface area contributed by atoms with Crippen LogP contribution in [0, 0.1) is 0 Å². The summed E-state index contributed by atoms with van der Waals surface area (Å²) in [5, 5.41) is 8.92. The number of hydrogen-bond donors (Lipinski definition) is 2. The van der Waals surface area contributed by atoms with Gasteiger partial charge in [0.25, 0.3) is 0 Å². The van der Waals surface area contributed by atoms with Crippen molar-refractivity contribution in [3.8, 4) is 17.2 Å². The quantitative estimate of drug-likeness (QED) is 0.678. The average molecular weight is 359 g/mol. The van der Waals surface area contributed by atoms with Crippen LogP contribution in [-0.4, -0.2) is 30.3 Å². The van der Waals surface area contributed by atoms with E-state index in [1.54, 1.807) is 6.07 Å². The Kier molecular flexibility index (Phi) is 7.29. The lowest BCUT2D eigenvalue weighted by Gasteiger charge is -2.13. The minimum Gasteiger partial charge on any atom is -0.490 e. The molecule has 140 valence electrons. The first kappa shape index (κ1) is 19.6. The van der Waals surface area contributed by atoms with Gasteiger partial charge in [0, 0.05) is 0 Å². The van der Waals surface area contributed by atoms with Crippen molar-refractivity contribution in [1.82, 2.24) is 0 Å². The molecule has 1 atom stereocenters. The van der Waals surface area contributed by atoms with Gasteiger partial charge in [0.2, 0.25) is 0 Å². The van der Waals surface area contributed by atoms with Gasteiger partial charge in [-0.05, 0) is 55.7 Å². The molecule has 1 unspecified atom stereocenters. The number of benzene rings is 2. The monoisotopic (exact) mass is 359 g/mol. The fraction of sp³-hybridized carbons (Fsp3) is 0.350. The van der Waals surface area contributed by atoms with Crippen LogP contribution in [0.25, 0.3) is 0 Å². The second kappa shape index (κ2) is 9.68. The van der Waals surface area contributed by atoms with Gasteiger partial charge in [-0.1, -0.05) is 18.2 Å². The topological polar surface area (TPSA) is 91.0 Å². The summed E-state index contributed by atoms with van der Waals surface area (Å²) < 4.78 is 17.0. The fourth-order valence-corrected chi connectivity index (χ4v) is 2.46. The molecule has 6 nitrogen and oxygen atoms in total. The van der Waals surface area contributed by atoms with Crippen molar-refractivity contribution in [1.29, 1.82) is 0 Å². The van der Waals surface area contributed by atoms with E-state index < -0.39 is 12.0 Å². The summed E-state index contributed by atoms with van der Waals surface area (Å²) in [4.78, 5) is 10.9. The molecule has 2 rings (SSSR count). The van der Waals surface area contributed by atoms with Crippen LogP contribution in [-0.2, 0) is 17.8 Å². The second-order valence-corrected chi connectivity index (χ2v) is 5.73. The van der Waals surface area contributed by atoms with Gasteiger partial charge < -0.3 is 25.1 Å². The van der Waals surface area contributed by atoms with Gasteiger partial charge in [-0.15, -0.1) is 0 Å². The van der Waals surface area contributed by atoms with E-state index in [0.717, 1.165) is 11.1 Å². The predicted octanol–water partition coefficient (Wildman–Crippen LogP) is 3.02. The lowest BCUT2D eigenvalue weighted by atomic mass is 10.1. The van der Waals surface area contributed by atoms with Crippen molar-refractivity contribution in [3.05, 3.63) is 53.6 Å². The molecule has 0 fully saturated rings. The minimum absolute atomic E-state index is 0.254. The maximum atomic E-state index is 10.9. The maximum absolute atomic E-state index is 10.9. The number of rotatable bonds is 10. The van der Waals surface area contributed by atoms with Gasteiger partial charge in [-0.2, -0.15) is 0 Å². The zero-order valence-electron chi connectivity index (χ0n) is 15.1. The van der Waals surface area contributed by atoms with Crippen LogP contribution in [0.5, 0.6) is 17.2 Å². The molecule has 0 bridgehead atoms. The van der Waals surface area contributed by atoms with E-state index in [4.69, 9.17) is 25.1 Å². The van der Waals surface area contributed by atoms with E-state index in [1.807, 2.05) is 50.2 Å². The summed E-state index contributed by atoms with van der Waals surface area (Å²) in [6.07, 6.45) is 0.254. The van der Waals surface area contributed by atoms with E-state index in [2.05, 4.69) is 0 Å². The maximum Gasteiger partial charge on any atom is 0.320 e. The van der Waals surface area contributed by atoms with Crippen molar-refractivity contribution in [2.24, 2.45) is 5.73 Å². The van der Waals surface area contributed by atoms with E-state index >= 15 is 0 Å². The van der Waals surface area contributed by atoms with E-state index in [0.29, 0.717) is 37.1 Å². The van der Waals surface area contributed by atoms with Crippen LogP contribution >= 0.6 is 0 Å². The van der Waals surface area contributed by atoms with Crippen molar-refractivity contribution < 1.29 is 24.1 Å². The highest BCUT2D eigenvalue weighted by molar-refractivity contribution is 5.73. The van der Waals surface area contributed by atoms with Gasteiger partial charge in [-0.25, -0.2) is 0 Å². The molecule has 0 saturated carbocycles. The zero-order chi connectivity index (χ0) is 18.9. The molecule has 0 aliphatic rings. The van der Waals surface area contributed by atoms with E-state index in [-0.39, 0.29) is 6.42 Å². The van der Waals surface area contributed by atoms with Crippen molar-refractivity contribution >= 4 is 5.97 Å². The molecule has 26 heavy (non-hydrogen) atoms. The lowest BCUT2D eigenvalue weighted by molar-refractivity contribution is -0.138. The van der Waals surface area contributed by atoms with Crippen LogP contribution < -0.4 is 19.9 Å². The summed E-state index contributed by atoms with van der Waals surface area (Å²) in [5.41, 5.74) is 7.35. The number of carboxylic acids is 1. The molecule has 0 aromatic heterocycles. The van der Waals surface area contributed by atoms with E-state index in [1.165, 1.54) is 0 Å². The van der Waals surface area contributed by atoms with Gasteiger partial charge in [-0.3, -0.25) is 4.79 Å². The van der Waals surface area contributed by atoms with Crippen LogP contribution in [0.15, 0.2) is 42.5 Å². The Labute approximate surface area is 153 Å². The third-order valence-corrected chi connectivity index (χ3v) is 3.68. The smallest absolute Gasteiger partial charge is 0.320 e. The normalized spacial score (nSPS) is 11.7. The summed E-state index contributed by atoms with van der Waals surface area (Å²) in [6, 6.07) is 12.1. The fourth-order valence-electron chi connectivity index (χ4n) is 2.46. The molecule has 0 saturated heterocycles. The Bertz CT molecular complexity index is 732. The summed E-state index contributed by atoms with van der Waals surface area (Å²) in [7, 11) is 0. The van der Waals surface area contributed by atoms with Gasteiger partial charge in [0.15, 0.2) is 11.5 Å². The summed E-state index contributed by atoms with van der Waals surface area (Å²) in [5.74, 6) is 1.04. The van der Waals surface area contributed by atoms with Gasteiger partial charge >= 0.3 is 5.97 Å². The Morgan fingerprint density at radius 2 is 1.73 bits per heavy atom. The third kappa shape index (κ3) is 5.67. The molecule has 0 aliphatic heterocycles. The molecule has 0 radical (unpaired) electrons. The standard InChI is InChI=1S/C20H25NO5/c1-3-24-18-9-8-15(12-19(18)25-4-2)13-26-16-7-5-6-14(10-16)11-17(21)20(22)23/h5-10,12,17H,3-4,11,13,21H2,1-2H3,(H,22,23). The van der Waals surface area contributed by atoms with Gasteiger partial charge in [0.05, 0.1) is 13.2 Å². The highest BCUT2D eigenvalue weighted by Crippen LogP contribution is 2.29. The second-order valence-electron chi connectivity index (χ2n) is 5.73. The largest absolute Gasteiger partial charge is 0.490 e. The zero-order valence-corrected chi connectivity index (χ0v) is 15.1. The average Bonchev–Trinajstić information content (AvgIpc) is 2.62. The van der Waals surface area contributed by atoms with Crippen LogP contribution in [0.2, 0.25) is 0 Å². The Balaban J connectivity index is 2.04. The Morgan fingerprint density at radius 3 is 2.42 bits per heavy atom. The predicted molar refractivity (Wildman–Crippen MR) is 98.9 cm³/mol. The number of hydrogen-bond acceptors (Lipinski definition) is 5. The molecular weight excluding hydrogens is 334 g/mol. The SMILES string of the molecule is CCOc1ccc(COc2cccc(CC(N)C(=O)O)c2)cc1OCC. The van der Waals surface area contributed by atoms with Crippen molar-refractivity contribution in [2.45, 2.75) is 32.9 Å². The molecule has 6 heteroatoms. The van der Waals surface area contributed by atoms with Crippen LogP contribution in [0.4, 0.5) is 0 Å². The number of ether oxygens (including phenoxy) is 3. The number of aliphatic carboxylic acids is 1. The Hall–Kier alpha value is -2.73. The molecular formula is C20H25NO5. The number of carboxylic acid groups (broad SMARTS) is 1. The Morgan fingerprint density at radius 1 is 1.00 bits per heavy atom. The summed E-state index contributed by atoms with van der Waals surface area (Å²) >= 11 is 0. The summed E-state index contributed by atoms with van der Waals surface area (Å²) in [6.45, 7) is 5.33. The van der Waals surface area contributed by atoms with Crippen molar-refractivity contribution in [3.63, 3.8) is 0 Å². The lowest BCUT2D eigenvalue weighted by Crippen LogP contribution is -2.32. The molecule has 0 spiro atoms. The minimum atomic E-state index is -1.02. The van der Waals surface area contributed by atoms with Crippen LogP contribution in [0.1, 0.15) is 25.0 Å².